The minimum Gasteiger partial charge on any atom is -0.269 e. The molecule has 2 heteroatoms. The highest BCUT2D eigenvalue weighted by atomic mass is 14.7. The Bertz CT molecular complexity index is 1950. The van der Waals surface area contributed by atoms with Crippen LogP contribution in [0.1, 0.15) is 51.0 Å². The molecule has 0 N–H and O–H groups in total. The number of rotatable bonds is 4. The molecule has 0 spiro atoms. The third-order valence-corrected chi connectivity index (χ3v) is 10.4. The molecule has 4 atom stereocenters. The van der Waals surface area contributed by atoms with Crippen LogP contribution in [-0.2, 0) is 0 Å². The molecule has 3 aromatic carbocycles. The molecule has 8 rings (SSSR count). The van der Waals surface area contributed by atoms with E-state index in [4.69, 9.17) is 4.99 Å². The lowest BCUT2D eigenvalue weighted by Gasteiger charge is -2.40. The molecule has 4 unspecified atom stereocenters. The van der Waals surface area contributed by atoms with Crippen molar-refractivity contribution in [2.45, 2.75) is 45.4 Å². The first-order valence-corrected chi connectivity index (χ1v) is 16.0. The third-order valence-electron chi connectivity index (χ3n) is 10.4. The standard InChI is InChI=1S/C41H38N2/c1-41-20-17-30(33-23-32(26-43-27-33)28-18-21-42-22-19-28)24-34(41)16-15-31(25-41)40-37-13-7-5-11-35(37)39(29-9-3-2-4-10-29)36-12-6-8-14-38(36)40/h2-5,7,9-16,18,21-22,24-28,32,34H,6,8,17,19-20,23H2,1H3. The van der Waals surface area contributed by atoms with Gasteiger partial charge in [-0.1, -0.05) is 104 Å². The number of benzene rings is 3. The van der Waals surface area contributed by atoms with Crippen LogP contribution in [0.25, 0.3) is 39.6 Å². The zero-order valence-electron chi connectivity index (χ0n) is 24.9. The summed E-state index contributed by atoms with van der Waals surface area (Å²) in [6.45, 7) is 2.47. The summed E-state index contributed by atoms with van der Waals surface area (Å²) in [5, 5.41) is 5.51. The van der Waals surface area contributed by atoms with Gasteiger partial charge in [-0.2, -0.15) is 0 Å². The summed E-state index contributed by atoms with van der Waals surface area (Å²) in [6.07, 6.45) is 32.1. The number of allylic oxidation sites excluding steroid dienone is 8. The monoisotopic (exact) mass is 558 g/mol. The van der Waals surface area contributed by atoms with Crippen molar-refractivity contribution in [3.8, 4) is 11.1 Å². The molecule has 212 valence electrons. The Labute approximate surface area is 254 Å². The highest BCUT2D eigenvalue weighted by Gasteiger charge is 2.37. The van der Waals surface area contributed by atoms with Crippen LogP contribution >= 0.6 is 0 Å². The Morgan fingerprint density at radius 3 is 2.35 bits per heavy atom. The number of fused-ring (bicyclic) bond motifs is 3. The first kappa shape index (κ1) is 26.3. The maximum absolute atomic E-state index is 4.72. The van der Waals surface area contributed by atoms with E-state index in [1.165, 1.54) is 54.6 Å². The molecule has 2 heterocycles. The van der Waals surface area contributed by atoms with Gasteiger partial charge in [0, 0.05) is 36.7 Å². The zero-order chi connectivity index (χ0) is 28.8. The van der Waals surface area contributed by atoms with E-state index in [-0.39, 0.29) is 5.41 Å². The SMILES string of the molecule is CC12C=C(c3c4c(c(-c5ccccc5)c5ccccc35)=CCCC=4)C=CC1C=C(C1=CN=CC(C3C=CN=CC3)C1)CC2. The minimum absolute atomic E-state index is 0.0958. The maximum atomic E-state index is 4.72. The fraction of sp³-hybridized carbons (Fsp3) is 0.268. The van der Waals surface area contributed by atoms with E-state index in [2.05, 4.69) is 121 Å². The average molecular weight is 559 g/mol. The van der Waals surface area contributed by atoms with Crippen LogP contribution in [0, 0.1) is 23.2 Å². The highest BCUT2D eigenvalue weighted by molar-refractivity contribution is 6.05. The van der Waals surface area contributed by atoms with Crippen LogP contribution in [0.3, 0.4) is 0 Å². The van der Waals surface area contributed by atoms with Crippen LogP contribution in [0.15, 0.2) is 119 Å². The summed E-state index contributed by atoms with van der Waals surface area (Å²) in [5.41, 5.74) is 8.48. The van der Waals surface area contributed by atoms with Gasteiger partial charge in [0.05, 0.1) is 0 Å². The third kappa shape index (κ3) is 4.65. The van der Waals surface area contributed by atoms with Gasteiger partial charge >= 0.3 is 0 Å². The lowest BCUT2D eigenvalue weighted by Crippen LogP contribution is -2.34. The van der Waals surface area contributed by atoms with Gasteiger partial charge in [0.15, 0.2) is 0 Å². The number of hydrogen-bond donors (Lipinski definition) is 0. The minimum atomic E-state index is 0.0958. The van der Waals surface area contributed by atoms with Gasteiger partial charge in [0.25, 0.3) is 0 Å². The molecule has 0 aromatic heterocycles. The fourth-order valence-electron chi connectivity index (χ4n) is 8.00. The van der Waals surface area contributed by atoms with E-state index in [1.807, 2.05) is 12.4 Å². The van der Waals surface area contributed by atoms with Crippen molar-refractivity contribution in [3.05, 3.63) is 125 Å². The van der Waals surface area contributed by atoms with Crippen molar-refractivity contribution in [1.82, 2.24) is 0 Å². The smallest absolute Gasteiger partial charge is 0.0298 e. The Hall–Kier alpha value is -4.30. The number of nitrogens with zero attached hydrogens (tertiary/aromatic N) is 2. The highest BCUT2D eigenvalue weighted by Crippen LogP contribution is 2.49. The molecule has 0 fully saturated rings. The lowest BCUT2D eigenvalue weighted by atomic mass is 9.64. The molecular formula is C41H38N2. The Kier molecular flexibility index (Phi) is 6.59. The summed E-state index contributed by atoms with van der Waals surface area (Å²) in [6, 6.07) is 20.0. The van der Waals surface area contributed by atoms with Gasteiger partial charge in [-0.3, -0.25) is 9.98 Å². The van der Waals surface area contributed by atoms with Gasteiger partial charge < -0.3 is 0 Å². The van der Waals surface area contributed by atoms with Crippen molar-refractivity contribution in [3.63, 3.8) is 0 Å². The van der Waals surface area contributed by atoms with Crippen molar-refractivity contribution < 1.29 is 0 Å². The average Bonchev–Trinajstić information content (AvgIpc) is 3.07. The lowest BCUT2D eigenvalue weighted by molar-refractivity contribution is 0.310. The van der Waals surface area contributed by atoms with E-state index in [9.17, 15) is 0 Å². The molecule has 0 amide bonds. The molecule has 0 saturated carbocycles. The van der Waals surface area contributed by atoms with Crippen LogP contribution < -0.4 is 10.4 Å². The molecule has 43 heavy (non-hydrogen) atoms. The molecule has 0 bridgehead atoms. The summed E-state index contributed by atoms with van der Waals surface area (Å²) >= 11 is 0. The van der Waals surface area contributed by atoms with Gasteiger partial charge in [0.1, 0.15) is 0 Å². The predicted molar refractivity (Wildman–Crippen MR) is 183 cm³/mol. The van der Waals surface area contributed by atoms with E-state index in [0.29, 0.717) is 17.8 Å². The summed E-state index contributed by atoms with van der Waals surface area (Å²) in [7, 11) is 0. The summed E-state index contributed by atoms with van der Waals surface area (Å²) < 4.78 is 0. The molecular weight excluding hydrogens is 520 g/mol. The second-order valence-corrected chi connectivity index (χ2v) is 13.1. The van der Waals surface area contributed by atoms with E-state index in [1.54, 1.807) is 0 Å². The van der Waals surface area contributed by atoms with Crippen LogP contribution in [0.2, 0.25) is 0 Å². The van der Waals surface area contributed by atoms with E-state index < -0.39 is 0 Å². The molecule has 0 saturated heterocycles. The molecule has 2 aliphatic heterocycles. The Morgan fingerprint density at radius 1 is 0.791 bits per heavy atom. The van der Waals surface area contributed by atoms with Gasteiger partial charge in [0.2, 0.25) is 0 Å². The maximum Gasteiger partial charge on any atom is 0.0298 e. The molecule has 5 aliphatic rings. The number of aliphatic imine (C=N–C) groups is 2. The van der Waals surface area contributed by atoms with Crippen molar-refractivity contribution in [2.75, 3.05) is 0 Å². The second kappa shape index (κ2) is 10.8. The molecule has 3 aliphatic carbocycles. The summed E-state index contributed by atoms with van der Waals surface area (Å²) in [5.74, 6) is 1.35. The first-order valence-electron chi connectivity index (χ1n) is 16.0. The second-order valence-electron chi connectivity index (χ2n) is 13.1. The predicted octanol–water partition coefficient (Wildman–Crippen LogP) is 8.74. The normalized spacial score (nSPS) is 27.4. The Balaban J connectivity index is 1.18. The van der Waals surface area contributed by atoms with Gasteiger partial charge in [-0.15, -0.1) is 0 Å². The molecule has 2 nitrogen and oxygen atoms in total. The number of hydrogen-bond acceptors (Lipinski definition) is 2. The topological polar surface area (TPSA) is 24.7 Å². The molecule has 0 radical (unpaired) electrons. The van der Waals surface area contributed by atoms with Crippen LogP contribution in [-0.4, -0.2) is 12.4 Å². The van der Waals surface area contributed by atoms with E-state index in [0.717, 1.165) is 38.5 Å². The van der Waals surface area contributed by atoms with Gasteiger partial charge in [-0.05, 0) is 104 Å². The first-order chi connectivity index (χ1) is 21.2. The Morgan fingerprint density at radius 2 is 1.56 bits per heavy atom. The fourth-order valence-corrected chi connectivity index (χ4v) is 8.00. The van der Waals surface area contributed by atoms with Crippen LogP contribution in [0.5, 0.6) is 0 Å². The van der Waals surface area contributed by atoms with Crippen molar-refractivity contribution in [1.29, 1.82) is 0 Å². The van der Waals surface area contributed by atoms with Crippen molar-refractivity contribution in [2.24, 2.45) is 33.2 Å². The zero-order valence-corrected chi connectivity index (χ0v) is 24.9. The largest absolute Gasteiger partial charge is 0.269 e. The quantitative estimate of drug-likeness (QED) is 0.306. The van der Waals surface area contributed by atoms with Gasteiger partial charge in [-0.25, -0.2) is 0 Å². The summed E-state index contributed by atoms with van der Waals surface area (Å²) in [4.78, 5) is 9.00. The van der Waals surface area contributed by atoms with E-state index >= 15 is 0 Å². The van der Waals surface area contributed by atoms with Crippen LogP contribution in [0.4, 0.5) is 0 Å². The molecule has 3 aromatic rings. The van der Waals surface area contributed by atoms with Crippen molar-refractivity contribution >= 4 is 40.9 Å².